The maximum atomic E-state index is 8.79. The first-order valence-corrected chi connectivity index (χ1v) is 13.4. The number of nitrogens with one attached hydrogen (secondary N) is 1. The smallest absolute Gasteiger partial charge is 0.223 e. The van der Waals surface area contributed by atoms with Crippen molar-refractivity contribution in [2.75, 3.05) is 5.32 Å². The predicted molar refractivity (Wildman–Crippen MR) is 160 cm³/mol. The summed E-state index contributed by atoms with van der Waals surface area (Å²) in [6.45, 7) is 4.53. The Morgan fingerprint density at radius 3 is 1.89 bits per heavy atom. The third kappa shape index (κ3) is 9.69. The molecule has 16 heteroatoms. The van der Waals surface area contributed by atoms with E-state index in [2.05, 4.69) is 50.5 Å². The van der Waals surface area contributed by atoms with Gasteiger partial charge in [0.25, 0.3) is 0 Å². The molecular formula is C29H24ClN13O2. The molecular weight excluding hydrogens is 598 g/mol. The maximum absolute atomic E-state index is 8.79. The number of anilines is 1. The van der Waals surface area contributed by atoms with E-state index in [0.717, 1.165) is 22.4 Å². The van der Waals surface area contributed by atoms with Crippen LogP contribution in [0.5, 0.6) is 0 Å². The monoisotopic (exact) mass is 621 g/mol. The number of hydrogen-bond acceptors (Lipinski definition) is 15. The van der Waals surface area contributed by atoms with Crippen LogP contribution in [0, 0.1) is 36.5 Å². The van der Waals surface area contributed by atoms with Gasteiger partial charge in [-0.15, -0.1) is 0 Å². The van der Waals surface area contributed by atoms with E-state index in [4.69, 9.17) is 36.9 Å². The fourth-order valence-corrected chi connectivity index (χ4v) is 3.52. The Morgan fingerprint density at radius 1 is 0.778 bits per heavy atom. The summed E-state index contributed by atoms with van der Waals surface area (Å²) in [5.41, 5.74) is 9.74. The molecule has 3 N–H and O–H groups in total. The molecule has 6 aromatic rings. The summed E-state index contributed by atoms with van der Waals surface area (Å²) in [6.07, 6.45) is 4.28. The molecule has 5 heterocycles. The minimum absolute atomic E-state index is 0.287. The molecule has 0 saturated heterocycles. The summed E-state index contributed by atoms with van der Waals surface area (Å²) in [5, 5.41) is 28.1. The summed E-state index contributed by atoms with van der Waals surface area (Å²) >= 11 is 5.42. The molecule has 0 fully saturated rings. The van der Waals surface area contributed by atoms with Crippen LogP contribution in [0.15, 0.2) is 76.4 Å². The van der Waals surface area contributed by atoms with Crippen LogP contribution in [-0.2, 0) is 13.1 Å². The SMILES string of the molecule is Cc1nc(-c2ccc(CN)cc2)no1.Cc1nc(-c2ccc(CNc3cc(C#N)ncn3)nc2)no1.N#Cc1cc(Cl)ncn1. The van der Waals surface area contributed by atoms with Crippen molar-refractivity contribution in [2.24, 2.45) is 5.73 Å². The van der Waals surface area contributed by atoms with Crippen LogP contribution in [0.25, 0.3) is 22.8 Å². The highest BCUT2D eigenvalue weighted by atomic mass is 35.5. The van der Waals surface area contributed by atoms with Crippen molar-refractivity contribution in [1.82, 2.24) is 45.2 Å². The molecule has 0 atom stereocenters. The molecule has 0 aliphatic rings. The molecule has 45 heavy (non-hydrogen) atoms. The van der Waals surface area contributed by atoms with E-state index in [9.17, 15) is 0 Å². The number of aryl methyl sites for hydroxylation is 2. The summed E-state index contributed by atoms with van der Waals surface area (Å²) in [7, 11) is 0. The molecule has 6 rings (SSSR count). The zero-order valence-electron chi connectivity index (χ0n) is 24.0. The Labute approximate surface area is 261 Å². The van der Waals surface area contributed by atoms with Crippen molar-refractivity contribution in [3.63, 3.8) is 0 Å². The number of benzene rings is 1. The van der Waals surface area contributed by atoms with Gasteiger partial charge < -0.3 is 20.1 Å². The van der Waals surface area contributed by atoms with Gasteiger partial charge in [0, 0.05) is 49.8 Å². The summed E-state index contributed by atoms with van der Waals surface area (Å²) < 4.78 is 9.82. The minimum Gasteiger partial charge on any atom is -0.364 e. The summed E-state index contributed by atoms with van der Waals surface area (Å²) in [4.78, 5) is 27.6. The number of nitriles is 2. The van der Waals surface area contributed by atoms with Crippen LogP contribution in [0.1, 0.15) is 34.4 Å². The number of nitrogens with zero attached hydrogens (tertiary/aromatic N) is 11. The zero-order valence-corrected chi connectivity index (χ0v) is 24.7. The average Bonchev–Trinajstić information content (AvgIpc) is 3.72. The molecule has 15 nitrogen and oxygen atoms in total. The van der Waals surface area contributed by atoms with Crippen LogP contribution in [0.3, 0.4) is 0 Å². The second-order valence-electron chi connectivity index (χ2n) is 8.80. The average molecular weight is 622 g/mol. The van der Waals surface area contributed by atoms with Gasteiger partial charge in [-0.05, 0) is 17.7 Å². The first kappa shape index (κ1) is 31.8. The van der Waals surface area contributed by atoms with Crippen molar-refractivity contribution in [1.29, 1.82) is 10.5 Å². The van der Waals surface area contributed by atoms with Gasteiger partial charge in [0.1, 0.15) is 47.2 Å². The molecule has 0 saturated carbocycles. The van der Waals surface area contributed by atoms with Gasteiger partial charge in [0.15, 0.2) is 0 Å². The van der Waals surface area contributed by atoms with Crippen molar-refractivity contribution < 1.29 is 9.05 Å². The van der Waals surface area contributed by atoms with Gasteiger partial charge in [-0.1, -0.05) is 46.2 Å². The number of aromatic nitrogens is 9. The Balaban J connectivity index is 0.000000171. The van der Waals surface area contributed by atoms with Crippen LogP contribution in [0.4, 0.5) is 5.82 Å². The quantitative estimate of drug-likeness (QED) is 0.248. The Hall–Kier alpha value is -6.16. The van der Waals surface area contributed by atoms with Crippen LogP contribution in [-0.4, -0.2) is 45.2 Å². The molecule has 0 spiro atoms. The first-order chi connectivity index (χ1) is 21.9. The fraction of sp³-hybridized carbons (Fsp3) is 0.138. The molecule has 1 aromatic carbocycles. The first-order valence-electron chi connectivity index (χ1n) is 13.1. The predicted octanol–water partition coefficient (Wildman–Crippen LogP) is 4.22. The third-order valence-corrected chi connectivity index (χ3v) is 5.77. The number of rotatable bonds is 6. The molecule has 224 valence electrons. The number of pyridine rings is 1. The van der Waals surface area contributed by atoms with E-state index in [1.54, 1.807) is 26.1 Å². The van der Waals surface area contributed by atoms with Crippen LogP contribution >= 0.6 is 11.6 Å². The Morgan fingerprint density at radius 2 is 1.38 bits per heavy atom. The van der Waals surface area contributed by atoms with Crippen molar-refractivity contribution in [3.8, 4) is 34.9 Å². The number of hydrogen-bond donors (Lipinski definition) is 2. The number of nitrogens with two attached hydrogens (primary N) is 1. The van der Waals surface area contributed by atoms with E-state index in [-0.39, 0.29) is 5.69 Å². The molecule has 0 aliphatic heterocycles. The minimum atomic E-state index is 0.287. The molecule has 5 aromatic heterocycles. The second kappa shape index (κ2) is 15.9. The lowest BCUT2D eigenvalue weighted by Gasteiger charge is -2.05. The topological polar surface area (TPSA) is 228 Å². The lowest BCUT2D eigenvalue weighted by Crippen LogP contribution is -2.04. The van der Waals surface area contributed by atoms with Gasteiger partial charge in [-0.3, -0.25) is 4.98 Å². The molecule has 0 radical (unpaired) electrons. The Kier molecular flexibility index (Phi) is 11.2. The van der Waals surface area contributed by atoms with Gasteiger partial charge in [-0.25, -0.2) is 19.9 Å². The third-order valence-electron chi connectivity index (χ3n) is 5.57. The zero-order chi connectivity index (χ0) is 32.0. The lowest BCUT2D eigenvalue weighted by molar-refractivity contribution is 0.394. The highest BCUT2D eigenvalue weighted by Crippen LogP contribution is 2.16. The highest BCUT2D eigenvalue weighted by molar-refractivity contribution is 6.29. The lowest BCUT2D eigenvalue weighted by atomic mass is 10.1. The molecule has 0 amide bonds. The normalized spacial score (nSPS) is 9.91. The van der Waals surface area contributed by atoms with Gasteiger partial charge in [-0.2, -0.15) is 20.5 Å². The number of halogens is 1. The van der Waals surface area contributed by atoms with Crippen molar-refractivity contribution in [3.05, 3.63) is 107 Å². The molecule has 0 aliphatic carbocycles. The second-order valence-corrected chi connectivity index (χ2v) is 9.19. The molecule has 0 unspecified atom stereocenters. The van der Waals surface area contributed by atoms with Crippen LogP contribution < -0.4 is 11.1 Å². The van der Waals surface area contributed by atoms with E-state index >= 15 is 0 Å². The fourth-order valence-electron chi connectivity index (χ4n) is 3.38. The van der Waals surface area contributed by atoms with Gasteiger partial charge in [0.05, 0.1) is 12.2 Å². The Bertz CT molecular complexity index is 1910. The van der Waals surface area contributed by atoms with E-state index in [1.807, 2.05) is 48.5 Å². The largest absolute Gasteiger partial charge is 0.364 e. The van der Waals surface area contributed by atoms with Crippen molar-refractivity contribution >= 4 is 17.4 Å². The summed E-state index contributed by atoms with van der Waals surface area (Å²) in [6, 6.07) is 18.3. The highest BCUT2D eigenvalue weighted by Gasteiger charge is 2.07. The van der Waals surface area contributed by atoms with Crippen molar-refractivity contribution in [2.45, 2.75) is 26.9 Å². The van der Waals surface area contributed by atoms with Gasteiger partial charge >= 0.3 is 0 Å². The van der Waals surface area contributed by atoms with Crippen LogP contribution in [0.2, 0.25) is 5.15 Å². The van der Waals surface area contributed by atoms with Gasteiger partial charge in [0.2, 0.25) is 23.4 Å². The molecule has 0 bridgehead atoms. The standard InChI is InChI=1S/C14H11N7O.C10H11N3O.C5H2ClN3/c1-9-20-14(21-22-9)10-2-3-11(16-6-10)7-17-13-4-12(5-15)18-8-19-13;1-7-12-10(13-14-7)9-4-2-8(6-11)3-5-9;6-5-1-4(2-7)8-3-9-5/h2-4,6,8H,7H2,1H3,(H,17,18,19);2-5H,6,11H2,1H3;1,3H. The maximum Gasteiger partial charge on any atom is 0.223 e. The van der Waals surface area contributed by atoms with E-state index in [0.29, 0.717) is 53.2 Å². The van der Waals surface area contributed by atoms with E-state index < -0.39 is 0 Å². The van der Waals surface area contributed by atoms with E-state index in [1.165, 1.54) is 18.7 Å². The summed E-state index contributed by atoms with van der Waals surface area (Å²) in [5.74, 6) is 2.79.